The molecule has 8 aromatic carbocycles. The third-order valence-electron chi connectivity index (χ3n) is 11.6. The van der Waals surface area contributed by atoms with Crippen LogP contribution >= 0.6 is 0 Å². The Morgan fingerprint density at radius 3 is 1.02 bits per heavy atom. The summed E-state index contributed by atoms with van der Waals surface area (Å²) in [7, 11) is 0. The average Bonchev–Trinajstić information content (AvgIpc) is 3.30. The van der Waals surface area contributed by atoms with Gasteiger partial charge in [0.25, 0.3) is 0 Å². The van der Waals surface area contributed by atoms with Gasteiger partial charge in [0.05, 0.1) is 6.04 Å². The molecular weight excluding hydrogens is 753 g/mol. The summed E-state index contributed by atoms with van der Waals surface area (Å²) in [6.07, 6.45) is 7.12. The average molecular weight is 805 g/mol. The molecule has 0 aliphatic heterocycles. The normalized spacial score (nSPS) is 14.5. The molecule has 0 spiro atoms. The molecule has 304 valence electrons. The van der Waals surface area contributed by atoms with Gasteiger partial charge in [-0.1, -0.05) is 110 Å². The monoisotopic (exact) mass is 804 g/mol. The van der Waals surface area contributed by atoms with E-state index in [1.54, 1.807) is 0 Å². The number of allylic oxidation sites excluding steroid dienone is 1. The van der Waals surface area contributed by atoms with E-state index < -0.39 is 0 Å². The van der Waals surface area contributed by atoms with Crippen molar-refractivity contribution in [3.05, 3.63) is 253 Å². The first-order valence-corrected chi connectivity index (χ1v) is 21.5. The predicted molar refractivity (Wildman–Crippen MR) is 264 cm³/mol. The van der Waals surface area contributed by atoms with Crippen LogP contribution in [0.2, 0.25) is 0 Å². The van der Waals surface area contributed by atoms with E-state index in [0.29, 0.717) is 0 Å². The highest BCUT2D eigenvalue weighted by Gasteiger charge is 2.28. The molecule has 2 unspecified atom stereocenters. The summed E-state index contributed by atoms with van der Waals surface area (Å²) in [5.41, 5.74) is 16.1. The van der Waals surface area contributed by atoms with Crippen LogP contribution in [0.3, 0.4) is 0 Å². The number of anilines is 10. The quantitative estimate of drug-likeness (QED) is 0.122. The Kier molecular flexibility index (Phi) is 11.6. The topological polar surface area (TPSA) is 13.0 Å². The van der Waals surface area contributed by atoms with Crippen LogP contribution in [0.4, 0.5) is 56.9 Å². The zero-order valence-electron chi connectivity index (χ0n) is 35.9. The first-order valence-electron chi connectivity index (χ1n) is 21.5. The fourth-order valence-electron chi connectivity index (χ4n) is 8.66. The predicted octanol–water partition coefficient (Wildman–Crippen LogP) is 16.0. The van der Waals surface area contributed by atoms with Crippen molar-refractivity contribution in [2.75, 3.05) is 19.6 Å². The van der Waals surface area contributed by atoms with Crippen molar-refractivity contribution < 1.29 is 0 Å². The van der Waals surface area contributed by atoms with Crippen LogP contribution in [-0.4, -0.2) is 6.04 Å². The molecule has 0 saturated carbocycles. The maximum atomic E-state index is 2.50. The van der Waals surface area contributed by atoms with Gasteiger partial charge in [0, 0.05) is 68.5 Å². The summed E-state index contributed by atoms with van der Waals surface area (Å²) in [6.45, 7) is 8.80. The summed E-state index contributed by atoms with van der Waals surface area (Å²) in [4.78, 5) is 9.54. The Morgan fingerprint density at radius 1 is 0.323 bits per heavy atom. The van der Waals surface area contributed by atoms with Crippen LogP contribution in [0.15, 0.2) is 236 Å². The van der Waals surface area contributed by atoms with Crippen molar-refractivity contribution in [2.24, 2.45) is 5.92 Å². The number of hydrogen-bond acceptors (Lipinski definition) is 4. The molecular formula is C58H52N4. The smallest absolute Gasteiger partial charge is 0.0586 e. The molecule has 4 nitrogen and oxygen atoms in total. The van der Waals surface area contributed by atoms with Crippen molar-refractivity contribution in [2.45, 2.75) is 33.7 Å². The van der Waals surface area contributed by atoms with Gasteiger partial charge in [0.2, 0.25) is 0 Å². The number of para-hydroxylation sites is 3. The molecule has 4 heteroatoms. The molecule has 2 atom stereocenters. The van der Waals surface area contributed by atoms with Gasteiger partial charge < -0.3 is 19.6 Å². The molecule has 8 aromatic rings. The molecule has 0 radical (unpaired) electrons. The Labute approximate surface area is 367 Å². The molecule has 0 heterocycles. The maximum Gasteiger partial charge on any atom is 0.0586 e. The van der Waals surface area contributed by atoms with Gasteiger partial charge in [-0.15, -0.1) is 0 Å². The minimum absolute atomic E-state index is 0.0366. The standard InChI is InChI=1S/C58H52N4/c1-43-17-14-26-54(39-43)59(47-20-8-5-9-21-47)50-29-33-52(34-30-50)62(53-35-31-51(32-36-53)60(48-22-10-6-11-23-48)55-27-15-18-44(2)40-55)58-38-37-57(42-46(58)4)61(49-24-12-7-13-25-49)56-28-16-19-45(3)41-56/h5-42,46,58H,1-4H3. The summed E-state index contributed by atoms with van der Waals surface area (Å²) in [5.74, 6) is 0.159. The van der Waals surface area contributed by atoms with Crippen molar-refractivity contribution in [3.63, 3.8) is 0 Å². The second kappa shape index (κ2) is 18.0. The van der Waals surface area contributed by atoms with E-state index in [2.05, 4.69) is 278 Å². The molecule has 62 heavy (non-hydrogen) atoms. The fourth-order valence-corrected chi connectivity index (χ4v) is 8.66. The molecule has 0 bridgehead atoms. The van der Waals surface area contributed by atoms with Crippen LogP contribution < -0.4 is 19.6 Å². The van der Waals surface area contributed by atoms with Crippen LogP contribution in [0.25, 0.3) is 0 Å². The first kappa shape index (κ1) is 39.9. The summed E-state index contributed by atoms with van der Waals surface area (Å²) < 4.78 is 0. The number of hydrogen-bond donors (Lipinski definition) is 0. The Bertz CT molecular complexity index is 2660. The highest BCUT2D eigenvalue weighted by Crippen LogP contribution is 2.42. The highest BCUT2D eigenvalue weighted by molar-refractivity contribution is 5.81. The van der Waals surface area contributed by atoms with E-state index in [4.69, 9.17) is 0 Å². The molecule has 1 aliphatic rings. The van der Waals surface area contributed by atoms with E-state index in [-0.39, 0.29) is 12.0 Å². The minimum atomic E-state index is 0.0366. The molecule has 0 amide bonds. The minimum Gasteiger partial charge on any atom is -0.334 e. The van der Waals surface area contributed by atoms with E-state index in [9.17, 15) is 0 Å². The lowest BCUT2D eigenvalue weighted by Gasteiger charge is -2.39. The summed E-state index contributed by atoms with van der Waals surface area (Å²) in [6, 6.07) is 76.3. The number of benzene rings is 8. The molecule has 1 aliphatic carbocycles. The zero-order chi connectivity index (χ0) is 42.4. The van der Waals surface area contributed by atoms with Crippen molar-refractivity contribution in [3.8, 4) is 0 Å². The van der Waals surface area contributed by atoms with Gasteiger partial charge >= 0.3 is 0 Å². The largest absolute Gasteiger partial charge is 0.334 e. The summed E-state index contributed by atoms with van der Waals surface area (Å²) >= 11 is 0. The van der Waals surface area contributed by atoms with Gasteiger partial charge in [-0.05, 0) is 165 Å². The molecule has 0 aromatic heterocycles. The Morgan fingerprint density at radius 2 is 0.645 bits per heavy atom. The Balaban J connectivity index is 1.12. The van der Waals surface area contributed by atoms with Gasteiger partial charge in [-0.25, -0.2) is 0 Å². The molecule has 0 saturated heterocycles. The van der Waals surface area contributed by atoms with Crippen LogP contribution in [0.1, 0.15) is 23.6 Å². The van der Waals surface area contributed by atoms with Crippen LogP contribution in [-0.2, 0) is 0 Å². The van der Waals surface area contributed by atoms with Gasteiger partial charge in [0.15, 0.2) is 0 Å². The number of nitrogens with zero attached hydrogens (tertiary/aromatic N) is 4. The third-order valence-corrected chi connectivity index (χ3v) is 11.6. The van der Waals surface area contributed by atoms with Crippen LogP contribution in [0.5, 0.6) is 0 Å². The van der Waals surface area contributed by atoms with Crippen molar-refractivity contribution in [1.82, 2.24) is 0 Å². The van der Waals surface area contributed by atoms with E-state index >= 15 is 0 Å². The van der Waals surface area contributed by atoms with Gasteiger partial charge in [-0.3, -0.25) is 0 Å². The van der Waals surface area contributed by atoms with Gasteiger partial charge in [-0.2, -0.15) is 0 Å². The van der Waals surface area contributed by atoms with Crippen LogP contribution in [0, 0.1) is 26.7 Å². The van der Waals surface area contributed by atoms with Gasteiger partial charge in [0.1, 0.15) is 0 Å². The summed E-state index contributed by atoms with van der Waals surface area (Å²) in [5, 5.41) is 0. The number of aryl methyl sites for hydroxylation is 3. The lowest BCUT2D eigenvalue weighted by Crippen LogP contribution is -2.36. The number of rotatable bonds is 12. The van der Waals surface area contributed by atoms with E-state index in [1.807, 2.05) is 0 Å². The second-order valence-electron chi connectivity index (χ2n) is 16.2. The van der Waals surface area contributed by atoms with E-state index in [1.165, 1.54) is 16.7 Å². The highest BCUT2D eigenvalue weighted by atomic mass is 15.2. The lowest BCUT2D eigenvalue weighted by molar-refractivity contribution is 0.604. The Hall–Kier alpha value is -7.56. The van der Waals surface area contributed by atoms with Crippen molar-refractivity contribution >= 4 is 56.9 Å². The fraction of sp³-hybridized carbons (Fsp3) is 0.103. The molecule has 0 fully saturated rings. The van der Waals surface area contributed by atoms with E-state index in [0.717, 1.165) is 62.6 Å². The lowest BCUT2D eigenvalue weighted by atomic mass is 9.92. The maximum absolute atomic E-state index is 2.50. The second-order valence-corrected chi connectivity index (χ2v) is 16.2. The SMILES string of the molecule is Cc1cccc(N(C2=CC(C)C(N(c3ccc(N(c4ccccc4)c4cccc(C)c4)cc3)c3ccc(N(c4ccccc4)c4cccc(C)c4)cc3)C=C2)c2ccccc2)c1. The molecule has 9 rings (SSSR count). The molecule has 0 N–H and O–H groups in total. The third kappa shape index (κ3) is 8.54. The zero-order valence-corrected chi connectivity index (χ0v) is 35.9. The van der Waals surface area contributed by atoms with Crippen molar-refractivity contribution in [1.29, 1.82) is 0 Å². The first-order chi connectivity index (χ1) is 30.4.